The molecule has 2 aromatic carbocycles. The van der Waals surface area contributed by atoms with E-state index in [1.54, 1.807) is 44.0 Å². The van der Waals surface area contributed by atoms with Gasteiger partial charge in [0, 0.05) is 18.8 Å². The number of rotatable bonds is 10. The maximum Gasteiger partial charge on any atom is 0.244 e. The topological polar surface area (TPSA) is 107 Å². The Morgan fingerprint density at radius 1 is 1.06 bits per heavy atom. The predicted molar refractivity (Wildman–Crippen MR) is 137 cm³/mol. The molecule has 0 spiro atoms. The van der Waals surface area contributed by atoms with E-state index in [1.807, 2.05) is 38.1 Å². The van der Waals surface area contributed by atoms with Crippen LogP contribution in [-0.4, -0.2) is 46.6 Å². The highest BCUT2D eigenvalue weighted by atomic mass is 32.2. The van der Waals surface area contributed by atoms with Crippen LogP contribution in [0.2, 0.25) is 0 Å². The summed E-state index contributed by atoms with van der Waals surface area (Å²) in [6.07, 6.45) is 3.12. The molecule has 3 rings (SSSR count). The summed E-state index contributed by atoms with van der Waals surface area (Å²) in [5.41, 5.74) is 3.69. The van der Waals surface area contributed by atoms with Gasteiger partial charge in [-0.2, -0.15) is 0 Å². The van der Waals surface area contributed by atoms with Crippen molar-refractivity contribution in [3.8, 4) is 11.5 Å². The number of benzene rings is 2. The van der Waals surface area contributed by atoms with E-state index >= 15 is 0 Å². The molecule has 0 atom stereocenters. The maximum absolute atomic E-state index is 12.4. The normalized spacial score (nSPS) is 10.9. The van der Waals surface area contributed by atoms with E-state index in [-0.39, 0.29) is 24.1 Å². The Bertz CT molecular complexity index is 1240. The molecule has 0 fully saturated rings. The molecule has 184 valence electrons. The van der Waals surface area contributed by atoms with E-state index in [9.17, 15) is 9.59 Å². The molecule has 1 heterocycles. The monoisotopic (exact) mass is 495 g/mol. The lowest BCUT2D eigenvalue weighted by Crippen LogP contribution is -2.22. The van der Waals surface area contributed by atoms with Gasteiger partial charge >= 0.3 is 0 Å². The molecule has 0 aliphatic rings. The minimum atomic E-state index is -0.273. The molecule has 0 unspecified atom stereocenters. The highest BCUT2D eigenvalue weighted by molar-refractivity contribution is 7.99. The minimum Gasteiger partial charge on any atom is -0.493 e. The fourth-order valence-corrected chi connectivity index (χ4v) is 3.90. The van der Waals surface area contributed by atoms with E-state index in [2.05, 4.69) is 20.8 Å². The van der Waals surface area contributed by atoms with Crippen LogP contribution in [0.4, 0.5) is 5.69 Å². The van der Waals surface area contributed by atoms with Crippen LogP contribution in [0.5, 0.6) is 11.5 Å². The SMILES string of the molecule is COc1ccc(C=CC(=O)NCc2nnc(SCC(=O)Nc3cc(C)ccc3C)n2C)cc1OC. The number of nitrogens with zero attached hydrogens (tertiary/aromatic N) is 3. The number of hydrogen-bond donors (Lipinski definition) is 2. The van der Waals surface area contributed by atoms with E-state index in [1.165, 1.54) is 17.8 Å². The molecule has 35 heavy (non-hydrogen) atoms. The smallest absolute Gasteiger partial charge is 0.244 e. The van der Waals surface area contributed by atoms with Gasteiger partial charge < -0.3 is 24.7 Å². The summed E-state index contributed by atoms with van der Waals surface area (Å²) in [4.78, 5) is 24.6. The number of carbonyl (C=O) groups is 2. The third-order valence-electron chi connectivity index (χ3n) is 5.18. The third kappa shape index (κ3) is 7.10. The van der Waals surface area contributed by atoms with Gasteiger partial charge in [0.2, 0.25) is 11.8 Å². The van der Waals surface area contributed by atoms with Gasteiger partial charge in [0.25, 0.3) is 0 Å². The van der Waals surface area contributed by atoms with Gasteiger partial charge in [0.1, 0.15) is 0 Å². The van der Waals surface area contributed by atoms with Crippen molar-refractivity contribution < 1.29 is 19.1 Å². The predicted octanol–water partition coefficient (Wildman–Crippen LogP) is 3.51. The standard InChI is InChI=1S/C25H29N5O4S/c1-16-6-7-17(2)19(12-16)27-24(32)15-35-25-29-28-22(30(25)3)14-26-23(31)11-9-18-8-10-20(33-4)21(13-18)34-5/h6-13H,14-15H2,1-5H3,(H,26,31)(H,27,32). The molecular formula is C25H29N5O4S. The largest absolute Gasteiger partial charge is 0.493 e. The Kier molecular flexibility index (Phi) is 8.91. The molecule has 1 aromatic heterocycles. The Morgan fingerprint density at radius 3 is 2.57 bits per heavy atom. The summed E-state index contributed by atoms with van der Waals surface area (Å²) >= 11 is 1.28. The van der Waals surface area contributed by atoms with E-state index in [0.29, 0.717) is 22.5 Å². The van der Waals surface area contributed by atoms with Gasteiger partial charge in [-0.05, 0) is 54.8 Å². The zero-order chi connectivity index (χ0) is 25.4. The van der Waals surface area contributed by atoms with Crippen LogP contribution in [0, 0.1) is 13.8 Å². The first-order valence-electron chi connectivity index (χ1n) is 10.9. The van der Waals surface area contributed by atoms with Crippen molar-refractivity contribution in [2.75, 3.05) is 25.3 Å². The van der Waals surface area contributed by atoms with Crippen LogP contribution >= 0.6 is 11.8 Å². The second kappa shape index (κ2) is 12.1. The van der Waals surface area contributed by atoms with Crippen molar-refractivity contribution in [2.45, 2.75) is 25.5 Å². The number of methoxy groups -OCH3 is 2. The number of carbonyl (C=O) groups excluding carboxylic acids is 2. The van der Waals surface area contributed by atoms with Crippen LogP contribution in [-0.2, 0) is 23.2 Å². The van der Waals surface area contributed by atoms with Crippen molar-refractivity contribution in [1.82, 2.24) is 20.1 Å². The van der Waals surface area contributed by atoms with Gasteiger partial charge in [-0.1, -0.05) is 30.0 Å². The number of anilines is 1. The fourth-order valence-electron chi connectivity index (χ4n) is 3.17. The van der Waals surface area contributed by atoms with Gasteiger partial charge in [-0.25, -0.2) is 0 Å². The number of ether oxygens (including phenoxy) is 2. The Hall–Kier alpha value is -3.79. The number of thioether (sulfide) groups is 1. The summed E-state index contributed by atoms with van der Waals surface area (Å²) in [5, 5.41) is 14.6. The molecule has 0 radical (unpaired) electrons. The zero-order valence-corrected chi connectivity index (χ0v) is 21.2. The van der Waals surface area contributed by atoms with E-state index < -0.39 is 0 Å². The average Bonchev–Trinajstić information content (AvgIpc) is 3.21. The minimum absolute atomic E-state index is 0.123. The zero-order valence-electron chi connectivity index (χ0n) is 20.4. The molecular weight excluding hydrogens is 466 g/mol. The number of hydrogen-bond acceptors (Lipinski definition) is 7. The third-order valence-corrected chi connectivity index (χ3v) is 6.20. The van der Waals surface area contributed by atoms with Crippen molar-refractivity contribution in [1.29, 1.82) is 0 Å². The second-order valence-corrected chi connectivity index (χ2v) is 8.72. The number of aromatic nitrogens is 3. The van der Waals surface area contributed by atoms with Crippen molar-refractivity contribution >= 4 is 35.3 Å². The maximum atomic E-state index is 12.4. The Morgan fingerprint density at radius 2 is 1.83 bits per heavy atom. The molecule has 0 bridgehead atoms. The van der Waals surface area contributed by atoms with Gasteiger partial charge in [0.15, 0.2) is 22.5 Å². The second-order valence-electron chi connectivity index (χ2n) is 7.78. The highest BCUT2D eigenvalue weighted by Crippen LogP contribution is 2.28. The van der Waals surface area contributed by atoms with Crippen molar-refractivity contribution in [3.63, 3.8) is 0 Å². The van der Waals surface area contributed by atoms with Crippen molar-refractivity contribution in [2.24, 2.45) is 7.05 Å². The molecule has 3 aromatic rings. The lowest BCUT2D eigenvalue weighted by atomic mass is 10.1. The van der Waals surface area contributed by atoms with Crippen molar-refractivity contribution in [3.05, 3.63) is 65.0 Å². The molecule has 9 nitrogen and oxygen atoms in total. The first-order valence-corrected chi connectivity index (χ1v) is 11.9. The molecule has 0 aliphatic carbocycles. The number of nitrogens with one attached hydrogen (secondary N) is 2. The Labute approximate surface area is 208 Å². The van der Waals surface area contributed by atoms with Gasteiger partial charge in [0.05, 0.1) is 26.5 Å². The van der Waals surface area contributed by atoms with Gasteiger partial charge in [-0.3, -0.25) is 9.59 Å². The Balaban J connectivity index is 1.51. The van der Waals surface area contributed by atoms with Crippen LogP contribution < -0.4 is 20.1 Å². The molecule has 2 amide bonds. The quantitative estimate of drug-likeness (QED) is 0.327. The average molecular weight is 496 g/mol. The molecule has 0 saturated heterocycles. The number of amides is 2. The summed E-state index contributed by atoms with van der Waals surface area (Å²) in [7, 11) is 4.92. The molecule has 0 saturated carbocycles. The van der Waals surface area contributed by atoms with Crippen LogP contribution in [0.3, 0.4) is 0 Å². The van der Waals surface area contributed by atoms with Crippen LogP contribution in [0.25, 0.3) is 6.08 Å². The fraction of sp³-hybridized carbons (Fsp3) is 0.280. The van der Waals surface area contributed by atoms with E-state index in [0.717, 1.165) is 22.4 Å². The summed E-state index contributed by atoms with van der Waals surface area (Å²) < 4.78 is 12.2. The van der Waals surface area contributed by atoms with Crippen LogP contribution in [0.15, 0.2) is 47.6 Å². The summed E-state index contributed by atoms with van der Waals surface area (Å²) in [6, 6.07) is 11.3. The molecule has 0 aliphatic heterocycles. The highest BCUT2D eigenvalue weighted by Gasteiger charge is 2.13. The van der Waals surface area contributed by atoms with E-state index in [4.69, 9.17) is 9.47 Å². The molecule has 2 N–H and O–H groups in total. The number of aryl methyl sites for hydroxylation is 2. The summed E-state index contributed by atoms with van der Waals surface area (Å²) in [6.45, 7) is 4.14. The molecule has 10 heteroatoms. The lowest BCUT2D eigenvalue weighted by molar-refractivity contribution is -0.116. The van der Waals surface area contributed by atoms with Gasteiger partial charge in [-0.15, -0.1) is 10.2 Å². The van der Waals surface area contributed by atoms with Crippen LogP contribution in [0.1, 0.15) is 22.5 Å². The first-order chi connectivity index (χ1) is 16.8. The first kappa shape index (κ1) is 25.8. The summed E-state index contributed by atoms with van der Waals surface area (Å²) in [5.74, 6) is 1.58. The lowest BCUT2D eigenvalue weighted by Gasteiger charge is -2.09.